The summed E-state index contributed by atoms with van der Waals surface area (Å²) in [7, 11) is 0. The van der Waals surface area contributed by atoms with Gasteiger partial charge in [-0.2, -0.15) is 0 Å². The second-order valence-electron chi connectivity index (χ2n) is 4.48. The van der Waals surface area contributed by atoms with Crippen molar-refractivity contribution in [3.63, 3.8) is 0 Å². The van der Waals surface area contributed by atoms with E-state index in [0.717, 1.165) is 5.17 Å². The van der Waals surface area contributed by atoms with Gasteiger partial charge in [0, 0.05) is 23.3 Å². The van der Waals surface area contributed by atoms with Crippen LogP contribution in [0, 0.1) is 5.92 Å². The minimum absolute atomic E-state index is 0.511. The van der Waals surface area contributed by atoms with Gasteiger partial charge in [0.25, 0.3) is 0 Å². The average molecular weight is 242 g/mol. The molecular formula is C14H14N2S. The highest BCUT2D eigenvalue weighted by Crippen LogP contribution is 2.31. The van der Waals surface area contributed by atoms with Gasteiger partial charge in [0.1, 0.15) is 0 Å². The molecule has 2 nitrogen and oxygen atoms in total. The monoisotopic (exact) mass is 242 g/mol. The second-order valence-corrected chi connectivity index (χ2v) is 5.32. The fourth-order valence-electron chi connectivity index (χ4n) is 1.98. The van der Waals surface area contributed by atoms with Crippen molar-refractivity contribution in [1.29, 1.82) is 0 Å². The minimum Gasteiger partial charge on any atom is -0.299 e. The lowest BCUT2D eigenvalue weighted by molar-refractivity contribution is 0.608. The van der Waals surface area contributed by atoms with Gasteiger partial charge in [0.15, 0.2) is 5.17 Å². The lowest BCUT2D eigenvalue weighted by atomic mass is 10.1. The fraction of sp³-hybridized carbons (Fsp3) is 0.214. The van der Waals surface area contributed by atoms with E-state index in [2.05, 4.69) is 53.5 Å². The Kier molecular flexibility index (Phi) is 2.56. The number of fused-ring (bicyclic) bond motifs is 2. The zero-order valence-electron chi connectivity index (χ0n) is 9.92. The highest BCUT2D eigenvalue weighted by molar-refractivity contribution is 8.16. The summed E-state index contributed by atoms with van der Waals surface area (Å²) < 4.78 is 0. The van der Waals surface area contributed by atoms with Crippen LogP contribution in [-0.2, 0) is 0 Å². The number of hydrogen-bond acceptors (Lipinski definition) is 3. The molecule has 2 heterocycles. The van der Waals surface area contributed by atoms with Crippen molar-refractivity contribution < 1.29 is 0 Å². The number of rotatable bonds is 1. The van der Waals surface area contributed by atoms with E-state index in [1.165, 1.54) is 16.1 Å². The van der Waals surface area contributed by atoms with E-state index in [9.17, 15) is 0 Å². The number of hydrogen-bond donors (Lipinski definition) is 0. The van der Waals surface area contributed by atoms with Crippen molar-refractivity contribution in [2.75, 3.05) is 0 Å². The van der Waals surface area contributed by atoms with Crippen LogP contribution in [-0.4, -0.2) is 10.1 Å². The van der Waals surface area contributed by atoms with E-state index >= 15 is 0 Å². The number of nitrogens with zero attached hydrogens (tertiary/aromatic N) is 2. The van der Waals surface area contributed by atoms with E-state index in [4.69, 9.17) is 0 Å². The third-order valence-corrected chi connectivity index (χ3v) is 3.81. The van der Waals surface area contributed by atoms with Crippen molar-refractivity contribution in [3.8, 4) is 0 Å². The Morgan fingerprint density at radius 2 is 1.94 bits per heavy atom. The summed E-state index contributed by atoms with van der Waals surface area (Å²) in [5.41, 5.74) is 1.32. The lowest BCUT2D eigenvalue weighted by Gasteiger charge is -2.19. The fourth-order valence-corrected chi connectivity index (χ4v) is 2.98. The first-order valence-corrected chi connectivity index (χ1v) is 6.64. The van der Waals surface area contributed by atoms with Gasteiger partial charge in [-0.05, 0) is 16.5 Å². The van der Waals surface area contributed by atoms with E-state index in [0.29, 0.717) is 5.92 Å². The summed E-state index contributed by atoms with van der Waals surface area (Å²) in [6.07, 6.45) is 4.13. The first-order chi connectivity index (χ1) is 8.25. The van der Waals surface area contributed by atoms with Crippen LogP contribution in [0.4, 0.5) is 0 Å². The molecule has 86 valence electrons. The van der Waals surface area contributed by atoms with Gasteiger partial charge in [0.05, 0.1) is 0 Å². The van der Waals surface area contributed by atoms with Gasteiger partial charge in [-0.3, -0.25) is 4.90 Å². The van der Waals surface area contributed by atoms with Crippen molar-refractivity contribution in [2.24, 2.45) is 10.9 Å². The van der Waals surface area contributed by atoms with Crippen LogP contribution in [0.1, 0.15) is 13.8 Å². The first-order valence-electron chi connectivity index (χ1n) is 5.76. The molecule has 0 amide bonds. The summed E-state index contributed by atoms with van der Waals surface area (Å²) in [6, 6.07) is 8.34. The molecule has 1 aromatic carbocycles. The summed E-state index contributed by atoms with van der Waals surface area (Å²) in [5.74, 6) is 0.511. The van der Waals surface area contributed by atoms with Gasteiger partial charge in [0.2, 0.25) is 0 Å². The number of thioether (sulfide) groups is 1. The maximum Gasteiger partial charge on any atom is 0.176 e. The number of aliphatic imine (C=N–C) groups is 1. The molecule has 0 aromatic heterocycles. The molecule has 0 aliphatic carbocycles. The zero-order valence-corrected chi connectivity index (χ0v) is 10.7. The molecule has 3 heteroatoms. The largest absolute Gasteiger partial charge is 0.299 e. The van der Waals surface area contributed by atoms with Crippen molar-refractivity contribution in [1.82, 2.24) is 4.90 Å². The maximum atomic E-state index is 4.56. The molecule has 0 saturated heterocycles. The quantitative estimate of drug-likeness (QED) is 0.749. The molecular weight excluding hydrogens is 228 g/mol. The third-order valence-electron chi connectivity index (χ3n) is 2.94. The van der Waals surface area contributed by atoms with Crippen LogP contribution in [0.2, 0.25) is 0 Å². The predicted octanol–water partition coefficient (Wildman–Crippen LogP) is 2.08. The van der Waals surface area contributed by atoms with Gasteiger partial charge in [-0.15, -0.1) is 0 Å². The molecule has 1 aromatic rings. The molecule has 0 unspecified atom stereocenters. The first kappa shape index (κ1) is 10.7. The highest BCUT2D eigenvalue weighted by Gasteiger charge is 2.23. The molecule has 0 saturated carbocycles. The molecule has 0 atom stereocenters. The normalized spacial score (nSPS) is 17.5. The van der Waals surface area contributed by atoms with Crippen LogP contribution in [0.3, 0.4) is 0 Å². The summed E-state index contributed by atoms with van der Waals surface area (Å²) in [4.78, 5) is 6.76. The van der Waals surface area contributed by atoms with Crippen LogP contribution < -0.4 is 10.4 Å². The Morgan fingerprint density at radius 1 is 1.18 bits per heavy atom. The lowest BCUT2D eigenvalue weighted by Crippen LogP contribution is -2.28. The van der Waals surface area contributed by atoms with Crippen LogP contribution in [0.15, 0.2) is 40.4 Å². The maximum absolute atomic E-state index is 4.56. The number of allylic oxidation sites excluding steroid dienone is 1. The van der Waals surface area contributed by atoms with Gasteiger partial charge in [-0.1, -0.05) is 49.9 Å². The van der Waals surface area contributed by atoms with Crippen LogP contribution >= 0.6 is 11.8 Å². The zero-order chi connectivity index (χ0) is 11.8. The molecule has 0 bridgehead atoms. The SMILES string of the molecule is CC(C)C1=CSC2=NC=c3ccccc3=CN12. The van der Waals surface area contributed by atoms with Crippen molar-refractivity contribution in [2.45, 2.75) is 13.8 Å². The van der Waals surface area contributed by atoms with E-state index < -0.39 is 0 Å². The van der Waals surface area contributed by atoms with E-state index in [-0.39, 0.29) is 0 Å². The third kappa shape index (κ3) is 1.80. The van der Waals surface area contributed by atoms with E-state index in [1.807, 2.05) is 12.3 Å². The average Bonchev–Trinajstić information content (AvgIpc) is 2.63. The number of benzene rings is 1. The molecule has 0 N–H and O–H groups in total. The smallest absolute Gasteiger partial charge is 0.176 e. The Labute approximate surface area is 105 Å². The minimum atomic E-state index is 0.511. The summed E-state index contributed by atoms with van der Waals surface area (Å²) in [5, 5.41) is 5.64. The topological polar surface area (TPSA) is 15.6 Å². The van der Waals surface area contributed by atoms with Gasteiger partial charge >= 0.3 is 0 Å². The Bertz CT molecular complexity index is 626. The number of amidine groups is 1. The summed E-state index contributed by atoms with van der Waals surface area (Å²) >= 11 is 1.70. The van der Waals surface area contributed by atoms with Crippen LogP contribution in [0.5, 0.6) is 0 Å². The highest BCUT2D eigenvalue weighted by atomic mass is 32.2. The molecule has 0 fully saturated rings. The van der Waals surface area contributed by atoms with Gasteiger partial charge < -0.3 is 0 Å². The molecule has 3 rings (SSSR count). The second kappa shape index (κ2) is 4.08. The standard InChI is InChI=1S/C14H14N2S/c1-10(2)13-9-17-14-15-7-11-5-3-4-6-12(11)8-16(13)14/h3-10H,1-2H3. The molecule has 17 heavy (non-hydrogen) atoms. The predicted molar refractivity (Wildman–Crippen MR) is 74.4 cm³/mol. The molecule has 0 radical (unpaired) electrons. The van der Waals surface area contributed by atoms with Crippen LogP contribution in [0.25, 0.3) is 12.4 Å². The Hall–Kier alpha value is -1.48. The molecule has 0 spiro atoms. The van der Waals surface area contributed by atoms with Crippen molar-refractivity contribution >= 4 is 29.3 Å². The van der Waals surface area contributed by atoms with Gasteiger partial charge in [-0.25, -0.2) is 4.99 Å². The molecule has 2 aliphatic rings. The summed E-state index contributed by atoms with van der Waals surface area (Å²) in [6.45, 7) is 4.42. The molecule has 2 aliphatic heterocycles. The van der Waals surface area contributed by atoms with E-state index in [1.54, 1.807) is 11.8 Å². The Balaban J connectivity index is 2.17. The van der Waals surface area contributed by atoms with Crippen molar-refractivity contribution in [3.05, 3.63) is 45.8 Å². The Morgan fingerprint density at radius 3 is 2.71 bits per heavy atom.